The fraction of sp³-hybridized carbons (Fsp3) is 0.174. The Balaban J connectivity index is 1.69. The minimum Gasteiger partial charge on any atom is -0.483 e. The van der Waals surface area contributed by atoms with Crippen LogP contribution in [0.2, 0.25) is 5.02 Å². The normalized spacial score (nSPS) is 12.8. The molecule has 1 heterocycles. The summed E-state index contributed by atoms with van der Waals surface area (Å²) in [5.74, 6) is 1.34. The van der Waals surface area contributed by atoms with E-state index in [-0.39, 0.29) is 11.0 Å². The SMILES string of the molecule is C[C@H](Oc1ccc(S(C)(=O)=O)cc1)c1nc2cc(Cl)ccc2n1Cc1ccccc1. The molecule has 0 aliphatic heterocycles. The Kier molecular flexibility index (Phi) is 5.54. The number of imidazole rings is 1. The third kappa shape index (κ3) is 4.35. The van der Waals surface area contributed by atoms with Gasteiger partial charge in [0.05, 0.1) is 15.9 Å². The fourth-order valence-electron chi connectivity index (χ4n) is 3.39. The number of halogens is 1. The topological polar surface area (TPSA) is 61.2 Å². The first-order valence-electron chi connectivity index (χ1n) is 9.47. The number of fused-ring (bicyclic) bond motifs is 1. The average Bonchev–Trinajstić information content (AvgIpc) is 3.06. The molecular formula is C23H21ClN2O3S. The lowest BCUT2D eigenvalue weighted by atomic mass is 10.2. The molecule has 3 aromatic carbocycles. The summed E-state index contributed by atoms with van der Waals surface area (Å²) in [5, 5.41) is 0.628. The van der Waals surface area contributed by atoms with Gasteiger partial charge in [-0.05, 0) is 55.0 Å². The zero-order valence-corrected chi connectivity index (χ0v) is 18.2. The lowest BCUT2D eigenvalue weighted by Crippen LogP contribution is -2.12. The maximum atomic E-state index is 11.7. The lowest BCUT2D eigenvalue weighted by Gasteiger charge is -2.17. The number of rotatable bonds is 6. The Morgan fingerprint density at radius 3 is 2.40 bits per heavy atom. The van der Waals surface area contributed by atoms with Crippen LogP contribution in [0.5, 0.6) is 5.75 Å². The fourth-order valence-corrected chi connectivity index (χ4v) is 4.18. The zero-order valence-electron chi connectivity index (χ0n) is 16.6. The number of benzene rings is 3. The molecule has 0 bridgehead atoms. The van der Waals surface area contributed by atoms with Gasteiger partial charge < -0.3 is 9.30 Å². The molecule has 0 aliphatic carbocycles. The summed E-state index contributed by atoms with van der Waals surface area (Å²) in [5.41, 5.74) is 2.93. The highest BCUT2D eigenvalue weighted by Crippen LogP contribution is 2.28. The van der Waals surface area contributed by atoms with Crippen molar-refractivity contribution in [3.05, 3.63) is 89.2 Å². The third-order valence-corrected chi connectivity index (χ3v) is 6.22. The molecule has 0 spiro atoms. The van der Waals surface area contributed by atoms with Crippen LogP contribution in [0.4, 0.5) is 0 Å². The van der Waals surface area contributed by atoms with Crippen molar-refractivity contribution in [3.63, 3.8) is 0 Å². The quantitative estimate of drug-likeness (QED) is 0.409. The summed E-state index contributed by atoms with van der Waals surface area (Å²) in [7, 11) is -3.25. The summed E-state index contributed by atoms with van der Waals surface area (Å²) in [6, 6.07) is 22.2. The second-order valence-corrected chi connectivity index (χ2v) is 9.63. The molecule has 4 rings (SSSR count). The summed E-state index contributed by atoms with van der Waals surface area (Å²) < 4.78 is 31.6. The van der Waals surface area contributed by atoms with Crippen molar-refractivity contribution < 1.29 is 13.2 Å². The maximum Gasteiger partial charge on any atom is 0.175 e. The molecule has 154 valence electrons. The smallest absolute Gasteiger partial charge is 0.175 e. The van der Waals surface area contributed by atoms with Gasteiger partial charge in [0.15, 0.2) is 21.8 Å². The number of aromatic nitrogens is 2. The van der Waals surface area contributed by atoms with Crippen molar-refractivity contribution >= 4 is 32.5 Å². The molecule has 1 atom stereocenters. The van der Waals surface area contributed by atoms with Gasteiger partial charge in [-0.1, -0.05) is 41.9 Å². The first-order valence-corrected chi connectivity index (χ1v) is 11.7. The van der Waals surface area contributed by atoms with Crippen molar-refractivity contribution in [2.75, 3.05) is 6.26 Å². The van der Waals surface area contributed by atoms with Crippen molar-refractivity contribution in [1.29, 1.82) is 0 Å². The summed E-state index contributed by atoms with van der Waals surface area (Å²) >= 11 is 6.17. The predicted molar refractivity (Wildman–Crippen MR) is 119 cm³/mol. The summed E-state index contributed by atoms with van der Waals surface area (Å²) in [6.07, 6.45) is 0.826. The summed E-state index contributed by atoms with van der Waals surface area (Å²) in [4.78, 5) is 5.04. The van der Waals surface area contributed by atoms with Crippen LogP contribution in [0.1, 0.15) is 24.4 Å². The number of hydrogen-bond donors (Lipinski definition) is 0. The number of sulfone groups is 1. The Bertz CT molecular complexity index is 1280. The second kappa shape index (κ2) is 8.13. The van der Waals surface area contributed by atoms with Gasteiger partial charge in [-0.2, -0.15) is 0 Å². The van der Waals surface area contributed by atoms with Crippen LogP contribution in [0, 0.1) is 0 Å². The molecule has 0 fully saturated rings. The largest absolute Gasteiger partial charge is 0.483 e. The maximum absolute atomic E-state index is 11.7. The van der Waals surface area contributed by atoms with Crippen LogP contribution < -0.4 is 4.74 Å². The minimum atomic E-state index is -3.25. The first kappa shape index (κ1) is 20.4. The van der Waals surface area contributed by atoms with E-state index in [4.69, 9.17) is 21.3 Å². The van der Waals surface area contributed by atoms with Gasteiger partial charge in [0.25, 0.3) is 0 Å². The molecule has 7 heteroatoms. The van der Waals surface area contributed by atoms with Crippen molar-refractivity contribution in [2.24, 2.45) is 0 Å². The molecular weight excluding hydrogens is 420 g/mol. The molecule has 0 saturated carbocycles. The van der Waals surface area contributed by atoms with Gasteiger partial charge in [0, 0.05) is 17.8 Å². The standard InChI is InChI=1S/C23H21ClN2O3S/c1-16(29-19-9-11-20(12-10-19)30(2,27)28)23-25-21-14-18(24)8-13-22(21)26(23)15-17-6-4-3-5-7-17/h3-14,16H,15H2,1-2H3/t16-/m0/s1. The highest BCUT2D eigenvalue weighted by Gasteiger charge is 2.19. The summed E-state index contributed by atoms with van der Waals surface area (Å²) in [6.45, 7) is 2.57. The third-order valence-electron chi connectivity index (χ3n) is 4.85. The van der Waals surface area contributed by atoms with E-state index in [9.17, 15) is 8.42 Å². The van der Waals surface area contributed by atoms with Crippen LogP contribution in [0.15, 0.2) is 77.7 Å². The van der Waals surface area contributed by atoms with Gasteiger partial charge in [0.2, 0.25) is 0 Å². The van der Waals surface area contributed by atoms with E-state index >= 15 is 0 Å². The number of nitrogens with zero attached hydrogens (tertiary/aromatic N) is 2. The molecule has 1 aromatic heterocycles. The van der Waals surface area contributed by atoms with Crippen molar-refractivity contribution in [1.82, 2.24) is 9.55 Å². The van der Waals surface area contributed by atoms with E-state index in [1.807, 2.05) is 43.3 Å². The van der Waals surface area contributed by atoms with Gasteiger partial charge in [-0.25, -0.2) is 13.4 Å². The van der Waals surface area contributed by atoms with Crippen LogP contribution in [-0.2, 0) is 16.4 Å². The van der Waals surface area contributed by atoms with E-state index in [2.05, 4.69) is 16.7 Å². The van der Waals surface area contributed by atoms with Crippen LogP contribution >= 0.6 is 11.6 Å². The van der Waals surface area contributed by atoms with E-state index < -0.39 is 9.84 Å². The Labute approximate surface area is 180 Å². The first-order chi connectivity index (χ1) is 14.3. The molecule has 5 nitrogen and oxygen atoms in total. The van der Waals surface area contributed by atoms with E-state index in [1.54, 1.807) is 24.3 Å². The Hall–Kier alpha value is -2.83. The van der Waals surface area contributed by atoms with E-state index in [0.29, 0.717) is 17.3 Å². The zero-order chi connectivity index (χ0) is 21.3. The Morgan fingerprint density at radius 2 is 1.73 bits per heavy atom. The number of hydrogen-bond acceptors (Lipinski definition) is 4. The predicted octanol–water partition coefficient (Wildman–Crippen LogP) is 5.28. The monoisotopic (exact) mass is 440 g/mol. The minimum absolute atomic E-state index is 0.258. The van der Waals surface area contributed by atoms with Gasteiger partial charge >= 0.3 is 0 Å². The molecule has 0 aliphatic rings. The van der Waals surface area contributed by atoms with E-state index in [0.717, 1.165) is 22.4 Å². The highest BCUT2D eigenvalue weighted by atomic mass is 35.5. The van der Waals surface area contributed by atoms with Crippen molar-refractivity contribution in [2.45, 2.75) is 24.5 Å². The second-order valence-electron chi connectivity index (χ2n) is 7.18. The molecule has 0 saturated heterocycles. The molecule has 0 N–H and O–H groups in total. The van der Waals surface area contributed by atoms with Crippen LogP contribution in [0.3, 0.4) is 0 Å². The molecule has 0 amide bonds. The Morgan fingerprint density at radius 1 is 1.03 bits per heavy atom. The molecule has 4 aromatic rings. The van der Waals surface area contributed by atoms with Crippen LogP contribution in [-0.4, -0.2) is 24.2 Å². The van der Waals surface area contributed by atoms with Gasteiger partial charge in [-0.3, -0.25) is 0 Å². The number of ether oxygens (including phenoxy) is 1. The van der Waals surface area contributed by atoms with E-state index in [1.165, 1.54) is 6.26 Å². The molecule has 30 heavy (non-hydrogen) atoms. The van der Waals surface area contributed by atoms with Crippen molar-refractivity contribution in [3.8, 4) is 5.75 Å². The molecule has 0 radical (unpaired) electrons. The highest BCUT2D eigenvalue weighted by molar-refractivity contribution is 7.90. The van der Waals surface area contributed by atoms with Crippen LogP contribution in [0.25, 0.3) is 11.0 Å². The lowest BCUT2D eigenvalue weighted by molar-refractivity contribution is 0.212. The molecule has 0 unspecified atom stereocenters. The van der Waals surface area contributed by atoms with Gasteiger partial charge in [0.1, 0.15) is 5.75 Å². The average molecular weight is 441 g/mol. The van der Waals surface area contributed by atoms with Gasteiger partial charge in [-0.15, -0.1) is 0 Å².